The maximum atomic E-state index is 6.14. The van der Waals surface area contributed by atoms with Crippen molar-refractivity contribution in [3.63, 3.8) is 0 Å². The summed E-state index contributed by atoms with van der Waals surface area (Å²) in [5, 5.41) is 0. The van der Waals surface area contributed by atoms with Crippen LogP contribution in [0.5, 0.6) is 0 Å². The molecule has 2 unspecified atom stereocenters. The number of ether oxygens (including phenoxy) is 1. The molecule has 25 heavy (non-hydrogen) atoms. The number of hydrogen-bond donors (Lipinski definition) is 0. The fourth-order valence-electron chi connectivity index (χ4n) is 4.69. The quantitative estimate of drug-likeness (QED) is 0.492. The van der Waals surface area contributed by atoms with Crippen molar-refractivity contribution in [1.82, 2.24) is 0 Å². The number of rotatable bonds is 7. The Morgan fingerprint density at radius 3 is 2.28 bits per heavy atom. The van der Waals surface area contributed by atoms with Gasteiger partial charge in [-0.05, 0) is 86.7 Å². The lowest BCUT2D eigenvalue weighted by Gasteiger charge is -2.29. The predicted octanol–water partition coefficient (Wildman–Crippen LogP) is 6.88. The number of aryl methyl sites for hydroxylation is 1. The van der Waals surface area contributed by atoms with Gasteiger partial charge in [0, 0.05) is 0 Å². The molecule has 1 heteroatoms. The van der Waals surface area contributed by atoms with Crippen LogP contribution < -0.4 is 0 Å². The summed E-state index contributed by atoms with van der Waals surface area (Å²) in [6.45, 7) is 7.18. The van der Waals surface area contributed by atoms with Crippen molar-refractivity contribution >= 4 is 0 Å². The third-order valence-corrected chi connectivity index (χ3v) is 6.48. The van der Waals surface area contributed by atoms with E-state index in [9.17, 15) is 0 Å². The normalized spacial score (nSPS) is 30.1. The average Bonchev–Trinajstić information content (AvgIpc) is 2.68. The van der Waals surface area contributed by atoms with E-state index in [1.54, 1.807) is 0 Å². The molecule has 1 saturated heterocycles. The highest BCUT2D eigenvalue weighted by molar-refractivity contribution is 5.24. The maximum Gasteiger partial charge on any atom is 0.0825 e. The summed E-state index contributed by atoms with van der Waals surface area (Å²) < 4.78 is 6.14. The van der Waals surface area contributed by atoms with Crippen molar-refractivity contribution in [2.75, 3.05) is 6.61 Å². The van der Waals surface area contributed by atoms with Gasteiger partial charge < -0.3 is 4.74 Å². The summed E-state index contributed by atoms with van der Waals surface area (Å²) in [6, 6.07) is 9.31. The molecular weight excluding hydrogens is 304 g/mol. The second kappa shape index (κ2) is 9.57. The summed E-state index contributed by atoms with van der Waals surface area (Å²) >= 11 is 0. The Balaban J connectivity index is 1.42. The van der Waals surface area contributed by atoms with Crippen LogP contribution in [0.2, 0.25) is 0 Å². The van der Waals surface area contributed by atoms with E-state index >= 15 is 0 Å². The third kappa shape index (κ3) is 5.45. The van der Waals surface area contributed by atoms with E-state index in [0.29, 0.717) is 6.10 Å². The molecule has 1 heterocycles. The highest BCUT2D eigenvalue weighted by Gasteiger charge is 2.22. The summed E-state index contributed by atoms with van der Waals surface area (Å²) in [5.41, 5.74) is 2.87. The van der Waals surface area contributed by atoms with Crippen LogP contribution in [0.4, 0.5) is 0 Å². The standard InChI is InChI=1S/C24H36O/c1-3-5-22-14-17-24(25-18-22)23-15-12-21(13-16-23)11-10-20-8-6-19(4-2)7-9-20/h4,12-13,15-16,19-20,22,24H,2-3,5-11,14,17-18H2,1H3. The van der Waals surface area contributed by atoms with Gasteiger partial charge in [-0.15, -0.1) is 6.58 Å². The highest BCUT2D eigenvalue weighted by Crippen LogP contribution is 2.34. The van der Waals surface area contributed by atoms with Crippen LogP contribution >= 0.6 is 0 Å². The van der Waals surface area contributed by atoms with Gasteiger partial charge in [-0.3, -0.25) is 0 Å². The molecule has 2 aliphatic rings. The zero-order valence-electron chi connectivity index (χ0n) is 16.1. The molecule has 1 saturated carbocycles. The summed E-state index contributed by atoms with van der Waals surface area (Å²) in [5.74, 6) is 2.49. The molecule has 2 fully saturated rings. The van der Waals surface area contributed by atoms with Gasteiger partial charge in [-0.1, -0.05) is 43.7 Å². The topological polar surface area (TPSA) is 9.23 Å². The van der Waals surface area contributed by atoms with Crippen LogP contribution in [-0.4, -0.2) is 6.61 Å². The summed E-state index contributed by atoms with van der Waals surface area (Å²) in [4.78, 5) is 0. The van der Waals surface area contributed by atoms with Gasteiger partial charge in [-0.2, -0.15) is 0 Å². The molecular formula is C24H36O. The van der Waals surface area contributed by atoms with Gasteiger partial charge in [-0.25, -0.2) is 0 Å². The minimum Gasteiger partial charge on any atom is -0.373 e. The molecule has 1 aromatic rings. The molecule has 1 nitrogen and oxygen atoms in total. The minimum atomic E-state index is 0.330. The van der Waals surface area contributed by atoms with Crippen LogP contribution in [0.15, 0.2) is 36.9 Å². The fraction of sp³-hybridized carbons (Fsp3) is 0.667. The van der Waals surface area contributed by atoms with E-state index in [1.807, 2.05) is 0 Å². The maximum absolute atomic E-state index is 6.14. The molecule has 1 aromatic carbocycles. The molecule has 2 atom stereocenters. The third-order valence-electron chi connectivity index (χ3n) is 6.48. The first-order chi connectivity index (χ1) is 12.3. The van der Waals surface area contributed by atoms with Crippen molar-refractivity contribution < 1.29 is 4.74 Å². The number of allylic oxidation sites excluding steroid dienone is 1. The first kappa shape index (κ1) is 18.7. The first-order valence-electron chi connectivity index (χ1n) is 10.6. The SMILES string of the molecule is C=CC1CCC(CCc2ccc(C3CCC(CCC)CO3)cc2)CC1. The van der Waals surface area contributed by atoms with E-state index in [2.05, 4.69) is 43.8 Å². The summed E-state index contributed by atoms with van der Waals surface area (Å²) in [7, 11) is 0. The Labute approximate surface area is 154 Å². The molecule has 0 amide bonds. The second-order valence-electron chi connectivity index (χ2n) is 8.35. The van der Waals surface area contributed by atoms with E-state index in [4.69, 9.17) is 4.74 Å². The van der Waals surface area contributed by atoms with E-state index in [0.717, 1.165) is 24.4 Å². The Morgan fingerprint density at radius 2 is 1.68 bits per heavy atom. The van der Waals surface area contributed by atoms with Gasteiger partial charge in [0.25, 0.3) is 0 Å². The van der Waals surface area contributed by atoms with Crippen LogP contribution in [-0.2, 0) is 11.2 Å². The van der Waals surface area contributed by atoms with Crippen LogP contribution in [0.25, 0.3) is 0 Å². The van der Waals surface area contributed by atoms with Crippen molar-refractivity contribution in [3.05, 3.63) is 48.0 Å². The van der Waals surface area contributed by atoms with Crippen molar-refractivity contribution in [2.24, 2.45) is 17.8 Å². The Morgan fingerprint density at radius 1 is 0.960 bits per heavy atom. The van der Waals surface area contributed by atoms with Gasteiger partial charge in [0.2, 0.25) is 0 Å². The zero-order chi connectivity index (χ0) is 17.5. The van der Waals surface area contributed by atoms with Crippen molar-refractivity contribution in [3.8, 4) is 0 Å². The zero-order valence-corrected chi connectivity index (χ0v) is 16.1. The molecule has 138 valence electrons. The van der Waals surface area contributed by atoms with E-state index in [1.165, 1.54) is 75.3 Å². The monoisotopic (exact) mass is 340 g/mol. The van der Waals surface area contributed by atoms with Gasteiger partial charge in [0.15, 0.2) is 0 Å². The van der Waals surface area contributed by atoms with Crippen LogP contribution in [0.1, 0.15) is 81.9 Å². The molecule has 0 radical (unpaired) electrons. The molecule has 0 aromatic heterocycles. The second-order valence-corrected chi connectivity index (χ2v) is 8.35. The first-order valence-corrected chi connectivity index (χ1v) is 10.6. The lowest BCUT2D eigenvalue weighted by molar-refractivity contribution is -0.0194. The minimum absolute atomic E-state index is 0.330. The van der Waals surface area contributed by atoms with E-state index < -0.39 is 0 Å². The van der Waals surface area contributed by atoms with E-state index in [-0.39, 0.29) is 0 Å². The Hall–Kier alpha value is -1.08. The Kier molecular flexibility index (Phi) is 7.16. The van der Waals surface area contributed by atoms with Crippen molar-refractivity contribution in [1.29, 1.82) is 0 Å². The lowest BCUT2D eigenvalue weighted by atomic mass is 9.79. The lowest BCUT2D eigenvalue weighted by Crippen LogP contribution is -2.20. The largest absolute Gasteiger partial charge is 0.373 e. The van der Waals surface area contributed by atoms with Gasteiger partial charge in [0.1, 0.15) is 0 Å². The number of benzene rings is 1. The average molecular weight is 341 g/mol. The Bertz CT molecular complexity index is 501. The van der Waals surface area contributed by atoms with Crippen LogP contribution in [0, 0.1) is 17.8 Å². The van der Waals surface area contributed by atoms with Crippen molar-refractivity contribution in [2.45, 2.75) is 77.2 Å². The molecule has 0 N–H and O–H groups in total. The fourth-order valence-corrected chi connectivity index (χ4v) is 4.69. The predicted molar refractivity (Wildman–Crippen MR) is 107 cm³/mol. The number of hydrogen-bond acceptors (Lipinski definition) is 1. The van der Waals surface area contributed by atoms with Crippen LogP contribution in [0.3, 0.4) is 0 Å². The molecule has 1 aliphatic carbocycles. The summed E-state index contributed by atoms with van der Waals surface area (Å²) in [6.07, 6.45) is 15.7. The highest BCUT2D eigenvalue weighted by atomic mass is 16.5. The molecule has 1 aliphatic heterocycles. The van der Waals surface area contributed by atoms with Gasteiger partial charge >= 0.3 is 0 Å². The molecule has 0 bridgehead atoms. The van der Waals surface area contributed by atoms with Gasteiger partial charge in [0.05, 0.1) is 12.7 Å². The molecule has 0 spiro atoms. The molecule has 3 rings (SSSR count). The smallest absolute Gasteiger partial charge is 0.0825 e.